The minimum atomic E-state index is -4.71. The van der Waals surface area contributed by atoms with Crippen LogP contribution < -0.4 is 0 Å². The Balaban J connectivity index is 1.45. The minimum absolute atomic E-state index is 0.00820. The zero-order chi connectivity index (χ0) is 30.9. The maximum Gasteiger partial charge on any atom is 0.470 e. The van der Waals surface area contributed by atoms with Crippen molar-refractivity contribution in [1.82, 2.24) is 10.2 Å². The van der Waals surface area contributed by atoms with Crippen LogP contribution in [0.1, 0.15) is 105 Å². The normalized spacial score (nSPS) is 44.5. The van der Waals surface area contributed by atoms with Crippen LogP contribution in [0, 0.1) is 56.2 Å². The van der Waals surface area contributed by atoms with Crippen molar-refractivity contribution >= 4 is 11.6 Å². The van der Waals surface area contributed by atoms with Crippen molar-refractivity contribution in [1.29, 1.82) is 5.26 Å². The zero-order valence-corrected chi connectivity index (χ0v) is 25.5. The van der Waals surface area contributed by atoms with Crippen LogP contribution >= 0.6 is 0 Å². The SMILES string of the molecule is CC1(C)C(=O)C(C#N)=C[C@]2(C)C3=CC(=O)[C@@H]4[C@@H]5C[C@@](C)(c6nnc(C(F)(F)F)o6)CC[C@]5(C)CC[C@@]4(C)[C@]3(C)CCC12. The fourth-order valence-corrected chi connectivity index (χ4v) is 10.5. The maximum absolute atomic E-state index is 14.5. The van der Waals surface area contributed by atoms with Crippen LogP contribution in [0.15, 0.2) is 27.7 Å². The predicted octanol–water partition coefficient (Wildman–Crippen LogP) is 7.56. The highest BCUT2D eigenvalue weighted by Crippen LogP contribution is 2.74. The maximum atomic E-state index is 14.5. The lowest BCUT2D eigenvalue weighted by Crippen LogP contribution is -2.64. The lowest BCUT2D eigenvalue weighted by atomic mass is 9.34. The van der Waals surface area contributed by atoms with E-state index in [0.29, 0.717) is 12.8 Å². The lowest BCUT2D eigenvalue weighted by Gasteiger charge is -2.69. The van der Waals surface area contributed by atoms with Crippen LogP contribution in [0.3, 0.4) is 0 Å². The monoisotopic (exact) mass is 583 g/mol. The van der Waals surface area contributed by atoms with E-state index in [2.05, 4.69) is 44.0 Å². The number of fused-ring (bicyclic) bond motifs is 7. The standard InChI is InChI=1S/C33H40F3N3O3/c1-27(2)21-8-9-31(6)22(30(21,5)15-18(17-37)24(27)41)14-20(40)23-19-16-29(4,25-38-39-26(42-25)33(34,35)36)11-10-28(19,3)12-13-32(23,31)7/h14-15,19,21,23H,8-13,16H2,1-7H3/t19-,21?,23-,28+,29-,30-,31+,32+/m0/s1. The Morgan fingerprint density at radius 2 is 1.64 bits per heavy atom. The summed E-state index contributed by atoms with van der Waals surface area (Å²) in [5.74, 6) is -1.84. The Bertz CT molecular complexity index is 1500. The third-order valence-corrected chi connectivity index (χ3v) is 13.3. The molecule has 9 heteroatoms. The van der Waals surface area contributed by atoms with E-state index in [1.165, 1.54) is 0 Å². The number of carbonyl (C=O) groups is 2. The number of hydrogen-bond donors (Lipinski definition) is 0. The van der Waals surface area contributed by atoms with Gasteiger partial charge in [-0.1, -0.05) is 60.1 Å². The van der Waals surface area contributed by atoms with Crippen molar-refractivity contribution < 1.29 is 27.2 Å². The Morgan fingerprint density at radius 1 is 0.976 bits per heavy atom. The average molecular weight is 584 g/mol. The summed E-state index contributed by atoms with van der Waals surface area (Å²) in [6.45, 7) is 14.6. The topological polar surface area (TPSA) is 96.8 Å². The molecule has 1 aromatic heterocycles. The molecule has 3 fully saturated rings. The van der Waals surface area contributed by atoms with Crippen molar-refractivity contribution in [2.24, 2.45) is 44.8 Å². The number of aromatic nitrogens is 2. The second-order valence-corrected chi connectivity index (χ2v) is 15.7. The molecule has 42 heavy (non-hydrogen) atoms. The summed E-state index contributed by atoms with van der Waals surface area (Å²) in [7, 11) is 0. The largest absolute Gasteiger partial charge is 0.470 e. The smallest absolute Gasteiger partial charge is 0.417 e. The number of Topliss-reactive ketones (excluding diaryl/α,β-unsaturated/α-hetero) is 1. The van der Waals surface area contributed by atoms with Gasteiger partial charge in [0.1, 0.15) is 6.07 Å². The van der Waals surface area contributed by atoms with Crippen molar-refractivity contribution in [3.05, 3.63) is 35.1 Å². The molecule has 0 bridgehead atoms. The summed E-state index contributed by atoms with van der Waals surface area (Å²) in [4.78, 5) is 27.7. The van der Waals surface area contributed by atoms with Gasteiger partial charge in [-0.15, -0.1) is 10.2 Å². The zero-order valence-electron chi connectivity index (χ0n) is 25.5. The molecule has 0 amide bonds. The first-order valence-corrected chi connectivity index (χ1v) is 15.1. The number of rotatable bonds is 1. The van der Waals surface area contributed by atoms with Gasteiger partial charge in [-0.3, -0.25) is 9.59 Å². The van der Waals surface area contributed by atoms with Gasteiger partial charge in [0.25, 0.3) is 0 Å². The van der Waals surface area contributed by atoms with Gasteiger partial charge >= 0.3 is 12.1 Å². The van der Waals surface area contributed by atoms with Crippen LogP contribution in [0.5, 0.6) is 0 Å². The number of halogens is 3. The molecule has 0 aliphatic heterocycles. The molecule has 8 atom stereocenters. The molecule has 1 unspecified atom stereocenters. The van der Waals surface area contributed by atoms with Gasteiger partial charge in [0.2, 0.25) is 5.89 Å². The number of ketones is 2. The molecule has 1 heterocycles. The van der Waals surface area contributed by atoms with Gasteiger partial charge in [0.15, 0.2) is 11.6 Å². The minimum Gasteiger partial charge on any atom is -0.417 e. The van der Waals surface area contributed by atoms with Gasteiger partial charge in [0, 0.05) is 22.2 Å². The molecular weight excluding hydrogens is 543 g/mol. The van der Waals surface area contributed by atoms with Gasteiger partial charge in [-0.25, -0.2) is 0 Å². The van der Waals surface area contributed by atoms with Crippen LogP contribution in [0.4, 0.5) is 13.2 Å². The molecule has 226 valence electrons. The molecule has 1 aromatic rings. The third kappa shape index (κ3) is 3.56. The number of alkyl halides is 3. The molecule has 5 aliphatic carbocycles. The number of carbonyl (C=O) groups excluding carboxylic acids is 2. The van der Waals surface area contributed by atoms with E-state index in [4.69, 9.17) is 4.42 Å². The van der Waals surface area contributed by atoms with Gasteiger partial charge in [0.05, 0.1) is 5.57 Å². The lowest BCUT2D eigenvalue weighted by molar-refractivity contribution is -0.167. The second kappa shape index (κ2) is 8.45. The van der Waals surface area contributed by atoms with Crippen molar-refractivity contribution in [3.8, 4) is 6.07 Å². The molecule has 0 radical (unpaired) electrons. The first kappa shape index (κ1) is 29.3. The number of nitriles is 1. The Labute approximate surface area is 245 Å². The van der Waals surface area contributed by atoms with Crippen LogP contribution in [0.2, 0.25) is 0 Å². The van der Waals surface area contributed by atoms with E-state index in [1.54, 1.807) is 0 Å². The first-order valence-electron chi connectivity index (χ1n) is 15.1. The summed E-state index contributed by atoms with van der Waals surface area (Å²) < 4.78 is 45.2. The van der Waals surface area contributed by atoms with Gasteiger partial charge < -0.3 is 4.42 Å². The molecule has 5 aliphatic rings. The molecule has 0 spiro atoms. The number of nitrogens with zero attached hydrogens (tertiary/aromatic N) is 3. The van der Waals surface area contributed by atoms with E-state index in [9.17, 15) is 28.0 Å². The molecule has 6 nitrogen and oxygen atoms in total. The summed E-state index contributed by atoms with van der Waals surface area (Å²) in [5.41, 5.74) is -1.81. The molecule has 0 N–H and O–H groups in total. The average Bonchev–Trinajstić information content (AvgIpc) is 3.41. The van der Waals surface area contributed by atoms with E-state index in [1.807, 2.05) is 32.9 Å². The summed E-state index contributed by atoms with van der Waals surface area (Å²) in [6, 6.07) is 2.14. The molecule has 3 saturated carbocycles. The van der Waals surface area contributed by atoms with Crippen LogP contribution in [-0.2, 0) is 21.2 Å². The van der Waals surface area contributed by atoms with Gasteiger partial charge in [-0.05, 0) is 79.1 Å². The molecule has 0 aromatic carbocycles. The highest BCUT2D eigenvalue weighted by molar-refractivity contribution is 6.04. The van der Waals surface area contributed by atoms with Crippen LogP contribution in [-0.4, -0.2) is 21.8 Å². The van der Waals surface area contributed by atoms with E-state index < -0.39 is 33.7 Å². The highest BCUT2D eigenvalue weighted by atomic mass is 19.4. The van der Waals surface area contributed by atoms with Crippen LogP contribution in [0.25, 0.3) is 0 Å². The highest BCUT2D eigenvalue weighted by Gasteiger charge is 2.69. The third-order valence-electron chi connectivity index (χ3n) is 13.3. The Morgan fingerprint density at radius 3 is 2.26 bits per heavy atom. The second-order valence-electron chi connectivity index (χ2n) is 15.7. The molecular formula is C33H40F3N3O3. The summed E-state index contributed by atoms with van der Waals surface area (Å²) in [6.07, 6.45) is 4.23. The summed E-state index contributed by atoms with van der Waals surface area (Å²) >= 11 is 0. The predicted molar refractivity (Wildman–Crippen MR) is 147 cm³/mol. The van der Waals surface area contributed by atoms with Gasteiger partial charge in [-0.2, -0.15) is 18.4 Å². The molecule has 0 saturated heterocycles. The Kier molecular flexibility index (Phi) is 5.90. The van der Waals surface area contributed by atoms with E-state index >= 15 is 0 Å². The van der Waals surface area contributed by atoms with E-state index in [-0.39, 0.29) is 51.6 Å². The van der Waals surface area contributed by atoms with Crippen molar-refractivity contribution in [2.75, 3.05) is 0 Å². The van der Waals surface area contributed by atoms with Crippen molar-refractivity contribution in [2.45, 2.75) is 105 Å². The number of allylic oxidation sites excluding steroid dienone is 4. The quantitative estimate of drug-likeness (QED) is 0.339. The molecule has 6 rings (SSSR count). The first-order chi connectivity index (χ1) is 19.3. The number of hydrogen-bond acceptors (Lipinski definition) is 6. The fraction of sp³-hybridized carbons (Fsp3) is 0.727. The van der Waals surface area contributed by atoms with Crippen molar-refractivity contribution in [3.63, 3.8) is 0 Å². The Hall–Kier alpha value is -2.76. The van der Waals surface area contributed by atoms with E-state index in [0.717, 1.165) is 37.7 Å². The fourth-order valence-electron chi connectivity index (χ4n) is 10.5. The summed E-state index contributed by atoms with van der Waals surface area (Å²) in [5, 5.41) is 17.1.